The fraction of sp³-hybridized carbons (Fsp3) is 0.632. The molecule has 0 N–H and O–H groups in total. The van der Waals surface area contributed by atoms with E-state index in [4.69, 9.17) is 4.74 Å². The first-order valence-electron chi connectivity index (χ1n) is 9.10. The van der Waals surface area contributed by atoms with Crippen molar-refractivity contribution in [3.63, 3.8) is 0 Å². The third-order valence-corrected chi connectivity index (χ3v) is 5.29. The van der Waals surface area contributed by atoms with Gasteiger partial charge in [-0.25, -0.2) is 4.79 Å². The van der Waals surface area contributed by atoms with E-state index in [1.807, 2.05) is 30.9 Å². The lowest BCUT2D eigenvalue weighted by molar-refractivity contribution is -0.139. The lowest BCUT2D eigenvalue weighted by Gasteiger charge is -2.47. The van der Waals surface area contributed by atoms with Crippen molar-refractivity contribution in [2.75, 3.05) is 19.6 Å². The molecule has 1 aromatic heterocycles. The molecule has 2 amide bonds. The molecule has 0 bridgehead atoms. The van der Waals surface area contributed by atoms with Gasteiger partial charge in [0, 0.05) is 45.0 Å². The average molecular weight is 345 g/mol. The molecule has 2 aliphatic rings. The summed E-state index contributed by atoms with van der Waals surface area (Å²) in [6.45, 7) is 6.58. The number of hydrogen-bond donors (Lipinski definition) is 0. The van der Waals surface area contributed by atoms with Crippen LogP contribution in [0.5, 0.6) is 0 Å². The predicted molar refractivity (Wildman–Crippen MR) is 93.7 cm³/mol. The van der Waals surface area contributed by atoms with Gasteiger partial charge in [-0.3, -0.25) is 9.78 Å². The molecule has 25 heavy (non-hydrogen) atoms. The van der Waals surface area contributed by atoms with Gasteiger partial charge < -0.3 is 14.5 Å². The van der Waals surface area contributed by atoms with Crippen molar-refractivity contribution in [2.24, 2.45) is 5.41 Å². The zero-order valence-corrected chi connectivity index (χ0v) is 15.1. The summed E-state index contributed by atoms with van der Waals surface area (Å²) in [4.78, 5) is 32.2. The number of nitrogens with zero attached hydrogens (tertiary/aromatic N) is 3. The summed E-state index contributed by atoms with van der Waals surface area (Å²) in [6.07, 6.45) is 6.60. The minimum atomic E-state index is -0.217. The molecule has 3 rings (SSSR count). The van der Waals surface area contributed by atoms with E-state index in [0.29, 0.717) is 26.1 Å². The van der Waals surface area contributed by atoms with Gasteiger partial charge in [0.1, 0.15) is 0 Å². The molecule has 2 aliphatic heterocycles. The Balaban J connectivity index is 1.60. The van der Waals surface area contributed by atoms with Gasteiger partial charge in [0.15, 0.2) is 0 Å². The maximum atomic E-state index is 12.3. The van der Waals surface area contributed by atoms with Gasteiger partial charge in [-0.2, -0.15) is 0 Å². The van der Waals surface area contributed by atoms with Crippen LogP contribution in [0.25, 0.3) is 0 Å². The second-order valence-electron chi connectivity index (χ2n) is 7.52. The van der Waals surface area contributed by atoms with Crippen LogP contribution >= 0.6 is 0 Å². The van der Waals surface area contributed by atoms with Crippen molar-refractivity contribution in [2.45, 2.75) is 52.2 Å². The Bertz CT molecular complexity index is 610. The number of ether oxygens (including phenoxy) is 1. The largest absolute Gasteiger partial charge is 0.447 e. The zero-order chi connectivity index (χ0) is 17.9. The summed E-state index contributed by atoms with van der Waals surface area (Å²) in [5.74, 6) is 0.226. The van der Waals surface area contributed by atoms with Crippen LogP contribution in [-0.2, 0) is 16.1 Å². The van der Waals surface area contributed by atoms with Crippen molar-refractivity contribution in [1.29, 1.82) is 0 Å². The van der Waals surface area contributed by atoms with Crippen LogP contribution in [0.2, 0.25) is 0 Å². The second kappa shape index (κ2) is 7.42. The van der Waals surface area contributed by atoms with E-state index >= 15 is 0 Å². The molecule has 0 radical (unpaired) electrons. The van der Waals surface area contributed by atoms with Gasteiger partial charge in [-0.05, 0) is 56.2 Å². The topological polar surface area (TPSA) is 62.7 Å². The van der Waals surface area contributed by atoms with Crippen molar-refractivity contribution < 1.29 is 14.3 Å². The van der Waals surface area contributed by atoms with Gasteiger partial charge in [0.25, 0.3) is 0 Å². The lowest BCUT2D eigenvalue weighted by Crippen LogP contribution is -2.52. The maximum absolute atomic E-state index is 12.3. The van der Waals surface area contributed by atoms with Crippen LogP contribution in [0, 0.1) is 5.41 Å². The van der Waals surface area contributed by atoms with E-state index in [1.54, 1.807) is 17.3 Å². The molecule has 2 fully saturated rings. The summed E-state index contributed by atoms with van der Waals surface area (Å²) in [6, 6.07) is 3.91. The first-order valence-corrected chi connectivity index (χ1v) is 9.10. The summed E-state index contributed by atoms with van der Waals surface area (Å²) < 4.78 is 5.30. The zero-order valence-electron chi connectivity index (χ0n) is 15.1. The number of amides is 2. The smallest absolute Gasteiger partial charge is 0.410 e. The summed E-state index contributed by atoms with van der Waals surface area (Å²) in [7, 11) is 0. The van der Waals surface area contributed by atoms with Crippen molar-refractivity contribution >= 4 is 12.0 Å². The Labute approximate surface area is 149 Å². The number of pyridine rings is 1. The van der Waals surface area contributed by atoms with E-state index in [-0.39, 0.29) is 23.5 Å². The summed E-state index contributed by atoms with van der Waals surface area (Å²) >= 11 is 0. The molecule has 6 nitrogen and oxygen atoms in total. The van der Waals surface area contributed by atoms with Crippen molar-refractivity contribution in [1.82, 2.24) is 14.8 Å². The predicted octanol–water partition coefficient (Wildman–Crippen LogP) is 2.83. The molecule has 0 aromatic carbocycles. The van der Waals surface area contributed by atoms with Gasteiger partial charge in [0.2, 0.25) is 5.91 Å². The number of piperidine rings is 2. The third kappa shape index (κ3) is 4.30. The quantitative estimate of drug-likeness (QED) is 0.845. The van der Waals surface area contributed by atoms with Gasteiger partial charge >= 0.3 is 6.09 Å². The number of carbonyl (C=O) groups is 2. The van der Waals surface area contributed by atoms with Gasteiger partial charge in [-0.1, -0.05) is 0 Å². The molecule has 0 unspecified atom stereocenters. The Kier molecular flexibility index (Phi) is 5.25. The first kappa shape index (κ1) is 17.7. The number of likely N-dealkylation sites (tertiary alicyclic amines) is 2. The fourth-order valence-electron chi connectivity index (χ4n) is 3.80. The number of aromatic nitrogens is 1. The minimum absolute atomic E-state index is 0.0912. The Morgan fingerprint density at radius 3 is 2.56 bits per heavy atom. The number of hydrogen-bond acceptors (Lipinski definition) is 4. The van der Waals surface area contributed by atoms with Crippen LogP contribution in [0.15, 0.2) is 24.5 Å². The third-order valence-electron chi connectivity index (χ3n) is 5.29. The van der Waals surface area contributed by atoms with Gasteiger partial charge in [-0.15, -0.1) is 0 Å². The molecule has 3 heterocycles. The van der Waals surface area contributed by atoms with E-state index in [9.17, 15) is 9.59 Å². The lowest BCUT2D eigenvalue weighted by atomic mass is 9.72. The molecule has 1 spiro atoms. The highest BCUT2D eigenvalue weighted by molar-refractivity contribution is 5.77. The molecule has 0 saturated carbocycles. The number of rotatable bonds is 3. The monoisotopic (exact) mass is 345 g/mol. The highest BCUT2D eigenvalue weighted by atomic mass is 16.6. The van der Waals surface area contributed by atoms with Crippen molar-refractivity contribution in [3.8, 4) is 0 Å². The highest BCUT2D eigenvalue weighted by Gasteiger charge is 2.41. The van der Waals surface area contributed by atoms with Crippen LogP contribution in [0.3, 0.4) is 0 Å². The molecule has 0 atom stereocenters. The molecule has 2 saturated heterocycles. The molecule has 1 aromatic rings. The normalized spacial score (nSPS) is 20.2. The van der Waals surface area contributed by atoms with E-state index < -0.39 is 0 Å². The average Bonchev–Trinajstić information content (AvgIpc) is 2.59. The molecular formula is C19H27N3O3. The molecule has 0 aliphatic carbocycles. The Hall–Kier alpha value is -2.11. The van der Waals surface area contributed by atoms with Crippen LogP contribution in [0.4, 0.5) is 4.79 Å². The standard InChI is InChI=1S/C19H27N3O3/c1-15(2)25-18(24)21-11-7-19(8-12-21)6-3-17(23)22(14-19)13-16-4-9-20-10-5-16/h4-5,9-10,15H,3,6-8,11-14H2,1-2H3. The number of carbonyl (C=O) groups excluding carboxylic acids is 2. The summed E-state index contributed by atoms with van der Waals surface area (Å²) in [5, 5.41) is 0. The van der Waals surface area contributed by atoms with Crippen LogP contribution in [-0.4, -0.2) is 52.5 Å². The minimum Gasteiger partial charge on any atom is -0.447 e. The van der Waals surface area contributed by atoms with Crippen LogP contribution < -0.4 is 0 Å². The van der Waals surface area contributed by atoms with E-state index in [1.165, 1.54) is 0 Å². The second-order valence-corrected chi connectivity index (χ2v) is 7.52. The van der Waals surface area contributed by atoms with E-state index in [0.717, 1.165) is 31.4 Å². The molecular weight excluding hydrogens is 318 g/mol. The van der Waals surface area contributed by atoms with Crippen LogP contribution in [0.1, 0.15) is 45.1 Å². The SMILES string of the molecule is CC(C)OC(=O)N1CCC2(CCC(=O)N(Cc3ccncc3)C2)CC1. The fourth-order valence-corrected chi connectivity index (χ4v) is 3.80. The van der Waals surface area contributed by atoms with E-state index in [2.05, 4.69) is 4.98 Å². The van der Waals surface area contributed by atoms with Gasteiger partial charge in [0.05, 0.1) is 6.10 Å². The summed E-state index contributed by atoms with van der Waals surface area (Å²) in [5.41, 5.74) is 1.24. The maximum Gasteiger partial charge on any atom is 0.410 e. The molecule has 136 valence electrons. The Morgan fingerprint density at radius 2 is 1.92 bits per heavy atom. The Morgan fingerprint density at radius 1 is 1.24 bits per heavy atom. The van der Waals surface area contributed by atoms with Crippen molar-refractivity contribution in [3.05, 3.63) is 30.1 Å². The highest BCUT2D eigenvalue weighted by Crippen LogP contribution is 2.40. The molecule has 6 heteroatoms. The first-order chi connectivity index (χ1) is 12.0.